The fraction of sp³-hybridized carbons (Fsp3) is 0.357. The van der Waals surface area contributed by atoms with Gasteiger partial charge in [-0.3, -0.25) is 0 Å². The summed E-state index contributed by atoms with van der Waals surface area (Å²) in [5.41, 5.74) is 2.19. The quantitative estimate of drug-likeness (QED) is 0.905. The van der Waals surface area contributed by atoms with Crippen molar-refractivity contribution < 1.29 is 0 Å². The Hall–Kier alpha value is -0.900. The zero-order valence-electron chi connectivity index (χ0n) is 10.8. The number of hydrogen-bond acceptors (Lipinski definition) is 3. The van der Waals surface area contributed by atoms with Crippen LogP contribution in [0.5, 0.6) is 0 Å². The molecule has 2 nitrogen and oxygen atoms in total. The molecule has 0 aliphatic rings. The number of rotatable bonds is 4. The predicted molar refractivity (Wildman–Crippen MR) is 79.3 cm³/mol. The Labute approximate surface area is 117 Å². The van der Waals surface area contributed by atoms with E-state index in [1.165, 1.54) is 4.88 Å². The fourth-order valence-corrected chi connectivity index (χ4v) is 2.83. The SMILES string of the molecule is Cc1nc(-c2cccc(Cl)c2)sc1CNC(C)C. The number of benzene rings is 1. The van der Waals surface area contributed by atoms with Crippen LogP contribution < -0.4 is 5.32 Å². The molecular weight excluding hydrogens is 264 g/mol. The van der Waals surface area contributed by atoms with Crippen LogP contribution in [0.2, 0.25) is 5.02 Å². The maximum absolute atomic E-state index is 6.01. The zero-order valence-corrected chi connectivity index (χ0v) is 12.4. The highest BCUT2D eigenvalue weighted by Gasteiger charge is 2.09. The lowest BCUT2D eigenvalue weighted by Gasteiger charge is -2.05. The largest absolute Gasteiger partial charge is 0.310 e. The van der Waals surface area contributed by atoms with Crippen molar-refractivity contribution in [3.8, 4) is 10.6 Å². The van der Waals surface area contributed by atoms with E-state index in [1.807, 2.05) is 24.3 Å². The van der Waals surface area contributed by atoms with Gasteiger partial charge in [0.2, 0.25) is 0 Å². The zero-order chi connectivity index (χ0) is 13.1. The van der Waals surface area contributed by atoms with Gasteiger partial charge >= 0.3 is 0 Å². The number of halogens is 1. The summed E-state index contributed by atoms with van der Waals surface area (Å²) in [5.74, 6) is 0. The van der Waals surface area contributed by atoms with Gasteiger partial charge in [0.25, 0.3) is 0 Å². The molecule has 0 unspecified atom stereocenters. The average Bonchev–Trinajstić information content (AvgIpc) is 2.68. The third-order valence-electron chi connectivity index (χ3n) is 2.64. The molecule has 0 saturated heterocycles. The van der Waals surface area contributed by atoms with Gasteiger partial charge in [0.05, 0.1) is 5.69 Å². The van der Waals surface area contributed by atoms with Crippen molar-refractivity contribution in [2.75, 3.05) is 0 Å². The van der Waals surface area contributed by atoms with E-state index in [-0.39, 0.29) is 0 Å². The molecule has 0 atom stereocenters. The van der Waals surface area contributed by atoms with Gasteiger partial charge in [-0.05, 0) is 19.1 Å². The second-order valence-corrected chi connectivity index (χ2v) is 6.09. The topological polar surface area (TPSA) is 24.9 Å². The summed E-state index contributed by atoms with van der Waals surface area (Å²) in [7, 11) is 0. The summed E-state index contributed by atoms with van der Waals surface area (Å²) in [5, 5.41) is 5.21. The number of nitrogens with one attached hydrogen (secondary N) is 1. The molecule has 0 saturated carbocycles. The molecule has 18 heavy (non-hydrogen) atoms. The minimum absolute atomic E-state index is 0.487. The summed E-state index contributed by atoms with van der Waals surface area (Å²) in [6.07, 6.45) is 0. The highest BCUT2D eigenvalue weighted by molar-refractivity contribution is 7.15. The first-order valence-electron chi connectivity index (χ1n) is 6.02. The maximum atomic E-state index is 6.01. The van der Waals surface area contributed by atoms with Crippen LogP contribution in [0.15, 0.2) is 24.3 Å². The molecule has 4 heteroatoms. The van der Waals surface area contributed by atoms with Crippen LogP contribution in [0.25, 0.3) is 10.6 Å². The average molecular weight is 281 g/mol. The van der Waals surface area contributed by atoms with Crippen molar-refractivity contribution in [3.63, 3.8) is 0 Å². The van der Waals surface area contributed by atoms with Crippen molar-refractivity contribution in [1.82, 2.24) is 10.3 Å². The minimum Gasteiger partial charge on any atom is -0.310 e. The third-order valence-corrected chi connectivity index (χ3v) is 4.08. The molecule has 0 bridgehead atoms. The number of thiazole rings is 1. The van der Waals surface area contributed by atoms with Crippen molar-refractivity contribution in [2.45, 2.75) is 33.4 Å². The third kappa shape index (κ3) is 3.31. The molecule has 0 fully saturated rings. The second kappa shape index (κ2) is 5.83. The Morgan fingerprint density at radius 3 is 2.83 bits per heavy atom. The predicted octanol–water partition coefficient (Wildman–Crippen LogP) is 4.27. The first-order chi connectivity index (χ1) is 8.56. The lowest BCUT2D eigenvalue weighted by atomic mass is 10.2. The minimum atomic E-state index is 0.487. The Balaban J connectivity index is 2.23. The molecule has 0 amide bonds. The summed E-state index contributed by atoms with van der Waals surface area (Å²) >= 11 is 7.74. The highest BCUT2D eigenvalue weighted by atomic mass is 35.5. The van der Waals surface area contributed by atoms with Crippen molar-refractivity contribution >= 4 is 22.9 Å². The number of nitrogens with zero attached hydrogens (tertiary/aromatic N) is 1. The van der Waals surface area contributed by atoms with Crippen LogP contribution in [0.1, 0.15) is 24.4 Å². The second-order valence-electron chi connectivity index (χ2n) is 4.57. The molecule has 1 heterocycles. The molecule has 2 rings (SSSR count). The Morgan fingerprint density at radius 2 is 2.17 bits per heavy atom. The van der Waals surface area contributed by atoms with E-state index < -0.39 is 0 Å². The van der Waals surface area contributed by atoms with E-state index in [9.17, 15) is 0 Å². The summed E-state index contributed by atoms with van der Waals surface area (Å²) < 4.78 is 0. The first kappa shape index (κ1) is 13.5. The molecular formula is C14H17ClN2S. The fourth-order valence-electron chi connectivity index (χ4n) is 1.63. The van der Waals surface area contributed by atoms with Crippen LogP contribution >= 0.6 is 22.9 Å². The molecule has 1 N–H and O–H groups in total. The van der Waals surface area contributed by atoms with Crippen molar-refractivity contribution in [2.24, 2.45) is 0 Å². The molecule has 0 aliphatic heterocycles. The summed E-state index contributed by atoms with van der Waals surface area (Å²) in [6.45, 7) is 7.23. The van der Waals surface area contributed by atoms with Gasteiger partial charge in [-0.25, -0.2) is 4.98 Å². The Morgan fingerprint density at radius 1 is 1.39 bits per heavy atom. The van der Waals surface area contributed by atoms with Crippen LogP contribution in [0, 0.1) is 6.92 Å². The smallest absolute Gasteiger partial charge is 0.123 e. The van der Waals surface area contributed by atoms with Crippen LogP contribution in [0.3, 0.4) is 0 Å². The van der Waals surface area contributed by atoms with Gasteiger partial charge in [-0.15, -0.1) is 11.3 Å². The van der Waals surface area contributed by atoms with E-state index in [4.69, 9.17) is 11.6 Å². The van der Waals surface area contributed by atoms with E-state index in [2.05, 4.69) is 31.1 Å². The lowest BCUT2D eigenvalue weighted by Crippen LogP contribution is -2.21. The Kier molecular flexibility index (Phi) is 4.38. The van der Waals surface area contributed by atoms with E-state index in [0.29, 0.717) is 6.04 Å². The molecule has 0 aliphatic carbocycles. The standard InChI is InChI=1S/C14H17ClN2S/c1-9(2)16-8-13-10(3)17-14(18-13)11-5-4-6-12(15)7-11/h4-7,9,16H,8H2,1-3H3. The van der Waals surface area contributed by atoms with E-state index >= 15 is 0 Å². The van der Waals surface area contributed by atoms with Crippen LogP contribution in [-0.4, -0.2) is 11.0 Å². The number of aromatic nitrogens is 1. The van der Waals surface area contributed by atoms with Gasteiger partial charge in [0.15, 0.2) is 0 Å². The lowest BCUT2D eigenvalue weighted by molar-refractivity contribution is 0.591. The molecule has 1 aromatic heterocycles. The summed E-state index contributed by atoms with van der Waals surface area (Å²) in [4.78, 5) is 5.91. The van der Waals surface area contributed by atoms with Gasteiger partial charge in [0, 0.05) is 28.0 Å². The van der Waals surface area contributed by atoms with Crippen LogP contribution in [-0.2, 0) is 6.54 Å². The molecule has 1 aromatic carbocycles. The highest BCUT2D eigenvalue weighted by Crippen LogP contribution is 2.29. The maximum Gasteiger partial charge on any atom is 0.123 e. The molecule has 0 radical (unpaired) electrons. The van der Waals surface area contributed by atoms with Gasteiger partial charge in [-0.2, -0.15) is 0 Å². The van der Waals surface area contributed by atoms with Crippen molar-refractivity contribution in [1.29, 1.82) is 0 Å². The van der Waals surface area contributed by atoms with E-state index in [0.717, 1.165) is 27.8 Å². The monoisotopic (exact) mass is 280 g/mol. The number of hydrogen-bond donors (Lipinski definition) is 1. The summed E-state index contributed by atoms with van der Waals surface area (Å²) in [6, 6.07) is 8.33. The normalized spacial score (nSPS) is 11.2. The van der Waals surface area contributed by atoms with Crippen molar-refractivity contribution in [3.05, 3.63) is 39.9 Å². The molecule has 2 aromatic rings. The van der Waals surface area contributed by atoms with Crippen LogP contribution in [0.4, 0.5) is 0 Å². The molecule has 96 valence electrons. The number of aryl methyl sites for hydroxylation is 1. The van der Waals surface area contributed by atoms with Gasteiger partial charge in [0.1, 0.15) is 5.01 Å². The van der Waals surface area contributed by atoms with Gasteiger partial charge < -0.3 is 5.32 Å². The van der Waals surface area contributed by atoms with E-state index in [1.54, 1.807) is 11.3 Å². The Bertz CT molecular complexity index is 534. The molecule has 0 spiro atoms. The van der Waals surface area contributed by atoms with Gasteiger partial charge in [-0.1, -0.05) is 37.6 Å². The first-order valence-corrected chi connectivity index (χ1v) is 7.21.